The predicted octanol–water partition coefficient (Wildman–Crippen LogP) is 2.11. The summed E-state index contributed by atoms with van der Waals surface area (Å²) in [5.74, 6) is -0.450. The Bertz CT molecular complexity index is 364. The van der Waals surface area contributed by atoms with Crippen molar-refractivity contribution < 1.29 is 4.39 Å². The van der Waals surface area contributed by atoms with Gasteiger partial charge in [-0.15, -0.1) is 0 Å². The molecular formula is C10H14ClFN3+. The first-order valence-electron chi connectivity index (χ1n) is 5.06. The molecule has 0 bridgehead atoms. The summed E-state index contributed by atoms with van der Waals surface area (Å²) in [6.45, 7) is 1.94. The minimum atomic E-state index is -0.450. The number of quaternary nitrogens is 1. The molecule has 0 amide bonds. The lowest BCUT2D eigenvalue weighted by Crippen LogP contribution is -2.55. The Kier molecular flexibility index (Phi) is 2.91. The fourth-order valence-corrected chi connectivity index (χ4v) is 2.23. The largest absolute Gasteiger partial charge is 0.235 e. The zero-order valence-corrected chi connectivity index (χ0v) is 9.39. The summed E-state index contributed by atoms with van der Waals surface area (Å²) >= 11 is 5.56. The Morgan fingerprint density at radius 3 is 2.67 bits per heavy atom. The zero-order valence-electron chi connectivity index (χ0n) is 8.63. The maximum atomic E-state index is 13.3. The van der Waals surface area contributed by atoms with Crippen LogP contribution in [0.5, 0.6) is 0 Å². The van der Waals surface area contributed by atoms with Crippen molar-refractivity contribution in [2.24, 2.45) is 0 Å². The Hall–Kier alpha value is -0.710. The molecule has 3 nitrogen and oxygen atoms in total. The van der Waals surface area contributed by atoms with E-state index in [1.54, 1.807) is 6.20 Å². The highest BCUT2D eigenvalue weighted by Crippen LogP contribution is 2.28. The Morgan fingerprint density at radius 2 is 2.13 bits per heavy atom. The molecule has 2 rings (SSSR count). The van der Waals surface area contributed by atoms with Crippen LogP contribution < -0.4 is 10.0 Å². The highest BCUT2D eigenvalue weighted by Gasteiger charge is 2.34. The van der Waals surface area contributed by atoms with Crippen LogP contribution in [0.2, 0.25) is 5.15 Å². The van der Waals surface area contributed by atoms with Crippen molar-refractivity contribution in [3.8, 4) is 0 Å². The Balaban J connectivity index is 2.38. The third-order valence-electron chi connectivity index (χ3n) is 3.03. The minimum Gasteiger partial charge on any atom is -0.235 e. The van der Waals surface area contributed by atoms with E-state index in [-0.39, 0.29) is 5.15 Å². The standard InChI is InChI=1S/C10H14ClFN3/c1-13-15(4-2-3-5-15)8-6-9(12)10(11)14-7-8/h6-7,13H,2-5H2,1H3/q+1. The number of halogens is 2. The second kappa shape index (κ2) is 4.04. The summed E-state index contributed by atoms with van der Waals surface area (Å²) in [5, 5.41) is -0.0628. The van der Waals surface area contributed by atoms with Crippen LogP contribution in [0.4, 0.5) is 10.1 Å². The fraction of sp³-hybridized carbons (Fsp3) is 0.500. The second-order valence-electron chi connectivity index (χ2n) is 3.81. The molecule has 1 N–H and O–H groups in total. The van der Waals surface area contributed by atoms with Crippen LogP contribution in [-0.4, -0.2) is 25.1 Å². The summed E-state index contributed by atoms with van der Waals surface area (Å²) < 4.78 is 13.9. The van der Waals surface area contributed by atoms with Crippen LogP contribution in [0.1, 0.15) is 12.8 Å². The third kappa shape index (κ3) is 1.85. The SMILES string of the molecule is CN[N+]1(c2cnc(Cl)c(F)c2)CCCC1. The van der Waals surface area contributed by atoms with Gasteiger partial charge in [0.2, 0.25) is 0 Å². The van der Waals surface area contributed by atoms with Crippen LogP contribution in [0.3, 0.4) is 0 Å². The fourth-order valence-electron chi connectivity index (χ4n) is 2.13. The van der Waals surface area contributed by atoms with E-state index in [0.29, 0.717) is 4.59 Å². The number of aromatic nitrogens is 1. The van der Waals surface area contributed by atoms with Gasteiger partial charge in [0.15, 0.2) is 16.7 Å². The molecule has 1 fully saturated rings. The van der Waals surface area contributed by atoms with Crippen LogP contribution in [0.25, 0.3) is 0 Å². The summed E-state index contributed by atoms with van der Waals surface area (Å²) in [4.78, 5) is 3.85. The van der Waals surface area contributed by atoms with E-state index in [1.165, 1.54) is 6.07 Å². The molecule has 5 heteroatoms. The van der Waals surface area contributed by atoms with Gasteiger partial charge in [-0.2, -0.15) is 5.43 Å². The van der Waals surface area contributed by atoms with Crippen molar-refractivity contribution in [1.29, 1.82) is 0 Å². The van der Waals surface area contributed by atoms with E-state index in [1.807, 2.05) is 7.05 Å². The molecule has 0 radical (unpaired) electrons. The van der Waals surface area contributed by atoms with Crippen molar-refractivity contribution in [2.75, 3.05) is 20.1 Å². The normalized spacial score (nSPS) is 19.4. The maximum absolute atomic E-state index is 13.3. The third-order valence-corrected chi connectivity index (χ3v) is 3.31. The van der Waals surface area contributed by atoms with Gasteiger partial charge in [-0.05, 0) is 0 Å². The number of pyridine rings is 1. The van der Waals surface area contributed by atoms with Gasteiger partial charge in [0, 0.05) is 26.0 Å². The van der Waals surface area contributed by atoms with Gasteiger partial charge < -0.3 is 0 Å². The average molecular weight is 231 g/mol. The lowest BCUT2D eigenvalue weighted by molar-refractivity contribution is 0.258. The monoisotopic (exact) mass is 230 g/mol. The molecule has 0 spiro atoms. The predicted molar refractivity (Wildman–Crippen MR) is 59.0 cm³/mol. The van der Waals surface area contributed by atoms with Gasteiger partial charge in [0.05, 0.1) is 6.20 Å². The average Bonchev–Trinajstić information content (AvgIpc) is 2.72. The first kappa shape index (κ1) is 10.8. The van der Waals surface area contributed by atoms with Crippen molar-refractivity contribution in [3.63, 3.8) is 0 Å². The van der Waals surface area contributed by atoms with Gasteiger partial charge >= 0.3 is 0 Å². The molecule has 1 aliphatic heterocycles. The molecule has 0 aliphatic carbocycles. The van der Waals surface area contributed by atoms with Gasteiger partial charge in [-0.3, -0.25) is 0 Å². The van der Waals surface area contributed by atoms with Crippen LogP contribution in [-0.2, 0) is 0 Å². The molecule has 2 heterocycles. The molecule has 1 aliphatic rings. The van der Waals surface area contributed by atoms with E-state index in [9.17, 15) is 4.39 Å². The summed E-state index contributed by atoms with van der Waals surface area (Å²) in [6, 6.07) is 1.47. The topological polar surface area (TPSA) is 24.9 Å². The zero-order chi connectivity index (χ0) is 10.9. The van der Waals surface area contributed by atoms with Gasteiger partial charge in [0.25, 0.3) is 0 Å². The number of nitrogens with one attached hydrogen (secondary N) is 1. The summed E-state index contributed by atoms with van der Waals surface area (Å²) in [5.41, 5.74) is 4.07. The van der Waals surface area contributed by atoms with Crippen LogP contribution in [0, 0.1) is 5.82 Å². The smallest absolute Gasteiger partial charge is 0.173 e. The van der Waals surface area contributed by atoms with E-state index < -0.39 is 5.82 Å². The minimum absolute atomic E-state index is 0.0628. The maximum Gasteiger partial charge on any atom is 0.173 e. The van der Waals surface area contributed by atoms with Gasteiger partial charge in [-0.25, -0.2) is 14.0 Å². The van der Waals surface area contributed by atoms with E-state index in [2.05, 4.69) is 10.4 Å². The highest BCUT2D eigenvalue weighted by molar-refractivity contribution is 6.29. The first-order chi connectivity index (χ1) is 7.18. The quantitative estimate of drug-likeness (QED) is 0.622. The van der Waals surface area contributed by atoms with Crippen molar-refractivity contribution >= 4 is 17.3 Å². The molecule has 1 aromatic rings. The molecule has 1 aromatic heterocycles. The first-order valence-corrected chi connectivity index (χ1v) is 5.43. The number of rotatable bonds is 2. The molecule has 82 valence electrons. The molecule has 0 unspecified atom stereocenters. The van der Waals surface area contributed by atoms with Crippen molar-refractivity contribution in [2.45, 2.75) is 12.8 Å². The van der Waals surface area contributed by atoms with Crippen molar-refractivity contribution in [1.82, 2.24) is 15.0 Å². The molecular weight excluding hydrogens is 217 g/mol. The second-order valence-corrected chi connectivity index (χ2v) is 4.17. The Labute approximate surface area is 93.4 Å². The summed E-state index contributed by atoms with van der Waals surface area (Å²) in [6.07, 6.45) is 3.93. The van der Waals surface area contributed by atoms with E-state index in [4.69, 9.17) is 11.6 Å². The lowest BCUT2D eigenvalue weighted by atomic mass is 10.3. The van der Waals surface area contributed by atoms with E-state index in [0.717, 1.165) is 31.6 Å². The molecule has 1 saturated heterocycles. The van der Waals surface area contributed by atoms with Gasteiger partial charge in [0.1, 0.15) is 13.1 Å². The van der Waals surface area contributed by atoms with Crippen LogP contribution in [0.15, 0.2) is 12.3 Å². The molecule has 0 atom stereocenters. The number of nitrogens with zero attached hydrogens (tertiary/aromatic N) is 2. The number of hydrogen-bond donors (Lipinski definition) is 1. The number of hydrogen-bond acceptors (Lipinski definition) is 2. The van der Waals surface area contributed by atoms with Crippen molar-refractivity contribution in [3.05, 3.63) is 23.2 Å². The molecule has 15 heavy (non-hydrogen) atoms. The van der Waals surface area contributed by atoms with Crippen LogP contribution >= 0.6 is 11.6 Å². The molecule has 0 aromatic carbocycles. The Morgan fingerprint density at radius 1 is 1.47 bits per heavy atom. The molecule has 0 saturated carbocycles. The van der Waals surface area contributed by atoms with Gasteiger partial charge in [-0.1, -0.05) is 11.6 Å². The van der Waals surface area contributed by atoms with E-state index >= 15 is 0 Å². The lowest BCUT2D eigenvalue weighted by Gasteiger charge is -2.31. The highest BCUT2D eigenvalue weighted by atomic mass is 35.5. The summed E-state index contributed by atoms with van der Waals surface area (Å²) in [7, 11) is 1.89.